The van der Waals surface area contributed by atoms with Crippen molar-refractivity contribution in [1.29, 1.82) is 0 Å². The second-order valence-corrected chi connectivity index (χ2v) is 9.82. The van der Waals surface area contributed by atoms with Gasteiger partial charge in [-0.15, -0.1) is 0 Å². The third-order valence-corrected chi connectivity index (χ3v) is 7.13. The molecule has 1 unspecified atom stereocenters. The highest BCUT2D eigenvalue weighted by Crippen LogP contribution is 2.38. The summed E-state index contributed by atoms with van der Waals surface area (Å²) in [6, 6.07) is 12.4. The van der Waals surface area contributed by atoms with E-state index < -0.39 is 17.4 Å². The molecule has 0 saturated carbocycles. The fourth-order valence-electron chi connectivity index (χ4n) is 5.10. The van der Waals surface area contributed by atoms with E-state index in [-0.39, 0.29) is 17.5 Å². The van der Waals surface area contributed by atoms with Crippen LogP contribution in [0, 0.1) is 0 Å². The molecule has 11 nitrogen and oxygen atoms in total. The van der Waals surface area contributed by atoms with Crippen molar-refractivity contribution in [2.45, 2.75) is 12.5 Å². The Kier molecular flexibility index (Phi) is 5.71. The molecule has 1 atom stereocenters. The third-order valence-electron chi connectivity index (χ3n) is 7.13. The predicted molar refractivity (Wildman–Crippen MR) is 145 cm³/mol. The molecule has 6 rings (SSSR count). The summed E-state index contributed by atoms with van der Waals surface area (Å²) in [6.07, 6.45) is 4.22. The van der Waals surface area contributed by atoms with Crippen LogP contribution in [0.2, 0.25) is 0 Å². The minimum absolute atomic E-state index is 0.0368. The maximum absolute atomic E-state index is 13.3. The highest BCUT2D eigenvalue weighted by Gasteiger charge is 2.35. The minimum atomic E-state index is -0.627. The number of hydrogen-bond donors (Lipinski definition) is 1. The molecule has 39 heavy (non-hydrogen) atoms. The molecule has 0 spiro atoms. The molecule has 0 aliphatic carbocycles. The molecule has 3 aromatic heterocycles. The number of oxazole rings is 1. The Labute approximate surface area is 223 Å². The van der Waals surface area contributed by atoms with Crippen molar-refractivity contribution < 1.29 is 14.3 Å². The van der Waals surface area contributed by atoms with Crippen LogP contribution in [0.15, 0.2) is 64.1 Å². The van der Waals surface area contributed by atoms with Gasteiger partial charge < -0.3 is 23.9 Å². The number of nitrogens with zero attached hydrogens (tertiary/aromatic N) is 7. The van der Waals surface area contributed by atoms with E-state index in [4.69, 9.17) is 9.40 Å². The molecule has 1 aliphatic rings. The lowest BCUT2D eigenvalue weighted by Crippen LogP contribution is -2.41. The van der Waals surface area contributed by atoms with Crippen molar-refractivity contribution >= 4 is 23.0 Å². The molecule has 1 aliphatic heterocycles. The van der Waals surface area contributed by atoms with Crippen LogP contribution in [0.1, 0.15) is 33.4 Å². The lowest BCUT2D eigenvalue weighted by molar-refractivity contribution is 0.0827. The number of aromatic hydroxyl groups is 1. The number of aromatic nitrogens is 5. The van der Waals surface area contributed by atoms with Crippen LogP contribution in [0.4, 0.5) is 5.95 Å². The van der Waals surface area contributed by atoms with Gasteiger partial charge >= 0.3 is 0 Å². The summed E-state index contributed by atoms with van der Waals surface area (Å²) in [5.41, 5.74) is 2.98. The summed E-state index contributed by atoms with van der Waals surface area (Å²) >= 11 is 0. The Bertz CT molecular complexity index is 1770. The summed E-state index contributed by atoms with van der Waals surface area (Å²) in [4.78, 5) is 43.5. The Hall–Kier alpha value is -4.93. The van der Waals surface area contributed by atoms with Crippen molar-refractivity contribution in [3.63, 3.8) is 0 Å². The van der Waals surface area contributed by atoms with Crippen LogP contribution in [0.25, 0.3) is 22.7 Å². The fourth-order valence-corrected chi connectivity index (χ4v) is 5.10. The summed E-state index contributed by atoms with van der Waals surface area (Å²) in [5, 5.41) is 10.8. The predicted octanol–water partition coefficient (Wildman–Crippen LogP) is 2.88. The van der Waals surface area contributed by atoms with Crippen molar-refractivity contribution in [3.8, 4) is 17.3 Å². The van der Waals surface area contributed by atoms with E-state index in [1.165, 1.54) is 9.47 Å². The average Bonchev–Trinajstić information content (AvgIpc) is 3.56. The van der Waals surface area contributed by atoms with Crippen LogP contribution in [0.3, 0.4) is 0 Å². The monoisotopic (exact) mass is 525 g/mol. The Morgan fingerprint density at radius 1 is 1.13 bits per heavy atom. The first-order chi connectivity index (χ1) is 18.7. The van der Waals surface area contributed by atoms with Crippen LogP contribution in [-0.2, 0) is 20.5 Å². The van der Waals surface area contributed by atoms with Crippen LogP contribution in [-0.4, -0.2) is 60.6 Å². The van der Waals surface area contributed by atoms with Gasteiger partial charge in [0.25, 0.3) is 17.4 Å². The average molecular weight is 526 g/mol. The molecule has 1 N–H and O–H groups in total. The quantitative estimate of drug-likeness (QED) is 0.380. The number of rotatable bonds is 4. The van der Waals surface area contributed by atoms with E-state index in [0.717, 1.165) is 17.0 Å². The second-order valence-electron chi connectivity index (χ2n) is 9.82. The first-order valence-electron chi connectivity index (χ1n) is 12.5. The first kappa shape index (κ1) is 24.4. The summed E-state index contributed by atoms with van der Waals surface area (Å²) in [7, 11) is 6.90. The van der Waals surface area contributed by atoms with Gasteiger partial charge in [0, 0.05) is 52.7 Å². The zero-order valence-corrected chi connectivity index (χ0v) is 22.0. The van der Waals surface area contributed by atoms with Gasteiger partial charge in [-0.05, 0) is 41.8 Å². The Balaban J connectivity index is 1.55. The normalized spacial score (nSPS) is 15.0. The molecule has 0 radical (unpaired) electrons. The maximum atomic E-state index is 13.3. The highest BCUT2D eigenvalue weighted by molar-refractivity contribution is 5.94. The standard InChI is InChI=1S/C28H27N7O4/c1-32(2)26(37)17-10-9-16-11-13-35(22(18(16)15-17)24-29-12-14-33(24)3)28-31-21(23(36)27(38)34(28)4)25-30-19-7-5-6-8-20(19)39-25/h5-10,12,14-15,22,36H,11,13H2,1-4H3. The number of hydrogen-bond acceptors (Lipinski definition) is 8. The fraction of sp³-hybridized carbons (Fsp3) is 0.250. The number of carbonyl (C=O) groups excluding carboxylic acids is 1. The van der Waals surface area contributed by atoms with Crippen molar-refractivity contribution in [3.05, 3.63) is 87.7 Å². The number of amides is 1. The van der Waals surface area contributed by atoms with E-state index >= 15 is 0 Å². The van der Waals surface area contributed by atoms with Gasteiger partial charge in [0.15, 0.2) is 11.3 Å². The molecular formula is C28H27N7O4. The number of imidazole rings is 1. The molecule has 4 heterocycles. The molecule has 0 saturated heterocycles. The molecular weight excluding hydrogens is 498 g/mol. The summed E-state index contributed by atoms with van der Waals surface area (Å²) in [5.74, 6) is 0.436. The number of anilines is 1. The van der Waals surface area contributed by atoms with Crippen molar-refractivity contribution in [2.24, 2.45) is 14.1 Å². The van der Waals surface area contributed by atoms with Crippen molar-refractivity contribution in [2.75, 3.05) is 25.5 Å². The number of benzene rings is 2. The molecule has 2 aromatic carbocycles. The largest absolute Gasteiger partial charge is 0.501 e. The summed E-state index contributed by atoms with van der Waals surface area (Å²) < 4.78 is 9.08. The Morgan fingerprint density at radius 2 is 1.92 bits per heavy atom. The number of carbonyl (C=O) groups is 1. The van der Waals surface area contributed by atoms with E-state index in [1.807, 2.05) is 53.0 Å². The van der Waals surface area contributed by atoms with E-state index in [0.29, 0.717) is 35.6 Å². The lowest BCUT2D eigenvalue weighted by Gasteiger charge is -2.38. The first-order valence-corrected chi connectivity index (χ1v) is 12.5. The number of fused-ring (bicyclic) bond motifs is 2. The zero-order chi connectivity index (χ0) is 27.4. The van der Waals surface area contributed by atoms with Gasteiger partial charge in [-0.1, -0.05) is 18.2 Å². The third kappa shape index (κ3) is 3.94. The molecule has 0 bridgehead atoms. The van der Waals surface area contributed by atoms with Gasteiger partial charge in [-0.3, -0.25) is 14.2 Å². The molecule has 0 fully saturated rings. The molecule has 198 valence electrons. The molecule has 1 amide bonds. The molecule has 11 heteroatoms. The lowest BCUT2D eigenvalue weighted by atomic mass is 9.90. The zero-order valence-electron chi connectivity index (χ0n) is 22.0. The number of aryl methyl sites for hydroxylation is 1. The van der Waals surface area contributed by atoms with Gasteiger partial charge in [0.2, 0.25) is 11.7 Å². The number of para-hydroxylation sites is 2. The van der Waals surface area contributed by atoms with E-state index in [1.54, 1.807) is 39.5 Å². The van der Waals surface area contributed by atoms with Crippen molar-refractivity contribution in [1.82, 2.24) is 29.0 Å². The molecule has 5 aromatic rings. The van der Waals surface area contributed by atoms with Crippen LogP contribution in [0.5, 0.6) is 5.75 Å². The smallest absolute Gasteiger partial charge is 0.297 e. The Morgan fingerprint density at radius 3 is 2.64 bits per heavy atom. The second kappa shape index (κ2) is 9.12. The van der Waals surface area contributed by atoms with Gasteiger partial charge in [-0.25, -0.2) is 15.0 Å². The van der Waals surface area contributed by atoms with E-state index in [9.17, 15) is 14.7 Å². The topological polar surface area (TPSA) is 123 Å². The van der Waals surface area contributed by atoms with Crippen LogP contribution >= 0.6 is 0 Å². The van der Waals surface area contributed by atoms with E-state index in [2.05, 4.69) is 9.97 Å². The maximum Gasteiger partial charge on any atom is 0.297 e. The summed E-state index contributed by atoms with van der Waals surface area (Å²) in [6.45, 7) is 0.517. The van der Waals surface area contributed by atoms with Gasteiger partial charge in [-0.2, -0.15) is 0 Å². The highest BCUT2D eigenvalue weighted by atomic mass is 16.4. The van der Waals surface area contributed by atoms with Crippen LogP contribution < -0.4 is 10.5 Å². The SMILES string of the molecule is CN(C)C(=O)c1ccc2c(c1)C(c1nccn1C)N(c1nc(-c3nc4ccccc4o3)c(O)c(=O)n1C)CC2. The van der Waals surface area contributed by atoms with Gasteiger partial charge in [0.05, 0.1) is 0 Å². The van der Waals surface area contributed by atoms with Gasteiger partial charge in [0.1, 0.15) is 17.4 Å². The minimum Gasteiger partial charge on any atom is -0.501 e.